The first-order chi connectivity index (χ1) is 10.3. The van der Waals surface area contributed by atoms with Crippen molar-refractivity contribution >= 4 is 0 Å². The van der Waals surface area contributed by atoms with E-state index in [2.05, 4.69) is 18.3 Å². The molecule has 1 aliphatic rings. The molecular formula is C17H27NO3. The molecular weight excluding hydrogens is 266 g/mol. The maximum atomic E-state index is 6.03. The largest absolute Gasteiger partial charge is 0.496 e. The van der Waals surface area contributed by atoms with Gasteiger partial charge in [-0.3, -0.25) is 0 Å². The first kappa shape index (κ1) is 16.3. The van der Waals surface area contributed by atoms with Crippen molar-refractivity contribution in [2.45, 2.75) is 38.3 Å². The Kier molecular flexibility index (Phi) is 7.00. The molecule has 1 saturated carbocycles. The molecule has 21 heavy (non-hydrogen) atoms. The van der Waals surface area contributed by atoms with Crippen molar-refractivity contribution in [1.82, 2.24) is 5.32 Å². The van der Waals surface area contributed by atoms with Crippen LogP contribution in [0, 0.1) is 0 Å². The van der Waals surface area contributed by atoms with E-state index >= 15 is 0 Å². The second kappa shape index (κ2) is 9.03. The van der Waals surface area contributed by atoms with Crippen LogP contribution >= 0.6 is 0 Å². The van der Waals surface area contributed by atoms with Gasteiger partial charge in [-0.25, -0.2) is 0 Å². The van der Waals surface area contributed by atoms with E-state index in [1.54, 1.807) is 7.11 Å². The number of ether oxygens (including phenoxy) is 3. The SMILES string of the molecule is CCCOCCOC(CNC1CC1)c1ccccc1OC. The Morgan fingerprint density at radius 3 is 2.71 bits per heavy atom. The zero-order chi connectivity index (χ0) is 14.9. The summed E-state index contributed by atoms with van der Waals surface area (Å²) in [6.07, 6.45) is 3.60. The average molecular weight is 293 g/mol. The summed E-state index contributed by atoms with van der Waals surface area (Å²) < 4.78 is 17.0. The summed E-state index contributed by atoms with van der Waals surface area (Å²) in [6.45, 7) is 4.97. The molecule has 1 aromatic rings. The zero-order valence-corrected chi connectivity index (χ0v) is 13.1. The summed E-state index contributed by atoms with van der Waals surface area (Å²) in [7, 11) is 1.70. The fraction of sp³-hybridized carbons (Fsp3) is 0.647. The summed E-state index contributed by atoms with van der Waals surface area (Å²) in [5, 5.41) is 3.54. The van der Waals surface area contributed by atoms with Crippen LogP contribution in [0.2, 0.25) is 0 Å². The van der Waals surface area contributed by atoms with Crippen molar-refractivity contribution in [1.29, 1.82) is 0 Å². The number of para-hydroxylation sites is 1. The lowest BCUT2D eigenvalue weighted by Gasteiger charge is -2.21. The van der Waals surface area contributed by atoms with Gasteiger partial charge in [0.15, 0.2) is 0 Å². The highest BCUT2D eigenvalue weighted by molar-refractivity contribution is 5.35. The number of methoxy groups -OCH3 is 1. The van der Waals surface area contributed by atoms with Crippen molar-refractivity contribution in [3.8, 4) is 5.75 Å². The van der Waals surface area contributed by atoms with Gasteiger partial charge in [-0.15, -0.1) is 0 Å². The number of nitrogens with one attached hydrogen (secondary N) is 1. The summed E-state index contributed by atoms with van der Waals surface area (Å²) in [4.78, 5) is 0. The van der Waals surface area contributed by atoms with E-state index in [1.165, 1.54) is 12.8 Å². The first-order valence-electron chi connectivity index (χ1n) is 7.90. The Bertz CT molecular complexity index is 407. The zero-order valence-electron chi connectivity index (χ0n) is 13.1. The van der Waals surface area contributed by atoms with Gasteiger partial charge in [0.05, 0.1) is 26.4 Å². The molecule has 1 atom stereocenters. The van der Waals surface area contributed by atoms with Gasteiger partial charge in [-0.1, -0.05) is 25.1 Å². The van der Waals surface area contributed by atoms with Crippen molar-refractivity contribution in [2.24, 2.45) is 0 Å². The van der Waals surface area contributed by atoms with Gasteiger partial charge in [0.2, 0.25) is 0 Å². The Labute approximate surface area is 127 Å². The van der Waals surface area contributed by atoms with E-state index in [1.807, 2.05) is 18.2 Å². The maximum Gasteiger partial charge on any atom is 0.124 e. The molecule has 1 N–H and O–H groups in total. The van der Waals surface area contributed by atoms with Crippen LogP contribution in [0.25, 0.3) is 0 Å². The smallest absolute Gasteiger partial charge is 0.124 e. The number of hydrogen-bond donors (Lipinski definition) is 1. The molecule has 0 saturated heterocycles. The fourth-order valence-corrected chi connectivity index (χ4v) is 2.25. The average Bonchev–Trinajstić information content (AvgIpc) is 3.34. The Morgan fingerprint density at radius 2 is 2.00 bits per heavy atom. The lowest BCUT2D eigenvalue weighted by molar-refractivity contribution is 0.00326. The predicted molar refractivity (Wildman–Crippen MR) is 83.8 cm³/mol. The molecule has 0 aliphatic heterocycles. The fourth-order valence-electron chi connectivity index (χ4n) is 2.25. The highest BCUT2D eigenvalue weighted by Crippen LogP contribution is 2.28. The van der Waals surface area contributed by atoms with Gasteiger partial charge in [-0.2, -0.15) is 0 Å². The van der Waals surface area contributed by atoms with E-state index < -0.39 is 0 Å². The third-order valence-electron chi connectivity index (χ3n) is 3.55. The van der Waals surface area contributed by atoms with Crippen LogP contribution in [-0.2, 0) is 9.47 Å². The Hall–Kier alpha value is -1.10. The molecule has 0 radical (unpaired) electrons. The number of rotatable bonds is 11. The molecule has 0 amide bonds. The number of hydrogen-bond acceptors (Lipinski definition) is 4. The van der Waals surface area contributed by atoms with Crippen molar-refractivity contribution in [3.05, 3.63) is 29.8 Å². The van der Waals surface area contributed by atoms with Gasteiger partial charge < -0.3 is 19.5 Å². The number of benzene rings is 1. The minimum absolute atomic E-state index is 0.00646. The van der Waals surface area contributed by atoms with E-state index in [0.29, 0.717) is 19.3 Å². The topological polar surface area (TPSA) is 39.7 Å². The van der Waals surface area contributed by atoms with Gasteiger partial charge in [0, 0.05) is 24.8 Å². The Morgan fingerprint density at radius 1 is 1.19 bits per heavy atom. The highest BCUT2D eigenvalue weighted by Gasteiger charge is 2.24. The third-order valence-corrected chi connectivity index (χ3v) is 3.55. The third kappa shape index (κ3) is 5.65. The van der Waals surface area contributed by atoms with Crippen molar-refractivity contribution in [3.63, 3.8) is 0 Å². The summed E-state index contributed by atoms with van der Waals surface area (Å²) in [5.41, 5.74) is 1.10. The molecule has 0 spiro atoms. The van der Waals surface area contributed by atoms with Crippen LogP contribution < -0.4 is 10.1 Å². The van der Waals surface area contributed by atoms with Gasteiger partial charge >= 0.3 is 0 Å². The maximum absolute atomic E-state index is 6.03. The minimum Gasteiger partial charge on any atom is -0.496 e. The molecule has 1 unspecified atom stereocenters. The molecule has 0 aromatic heterocycles. The summed E-state index contributed by atoms with van der Waals surface area (Å²) >= 11 is 0. The van der Waals surface area contributed by atoms with Crippen LogP contribution in [-0.4, -0.2) is 39.5 Å². The second-order valence-electron chi connectivity index (χ2n) is 5.40. The van der Waals surface area contributed by atoms with E-state index in [4.69, 9.17) is 14.2 Å². The minimum atomic E-state index is 0.00646. The normalized spacial score (nSPS) is 15.9. The van der Waals surface area contributed by atoms with Crippen LogP contribution in [0.15, 0.2) is 24.3 Å². The molecule has 4 heteroatoms. The van der Waals surface area contributed by atoms with Gasteiger partial charge in [0.25, 0.3) is 0 Å². The monoisotopic (exact) mass is 293 g/mol. The van der Waals surface area contributed by atoms with Crippen molar-refractivity contribution < 1.29 is 14.2 Å². The predicted octanol–water partition coefficient (Wildman–Crippen LogP) is 2.93. The summed E-state index contributed by atoms with van der Waals surface area (Å²) in [5.74, 6) is 0.884. The van der Waals surface area contributed by atoms with Crippen molar-refractivity contribution in [2.75, 3.05) is 33.5 Å². The molecule has 4 nitrogen and oxygen atoms in total. The molecule has 2 rings (SSSR count). The Balaban J connectivity index is 1.89. The second-order valence-corrected chi connectivity index (χ2v) is 5.40. The highest BCUT2D eigenvalue weighted by atomic mass is 16.5. The van der Waals surface area contributed by atoms with E-state index in [9.17, 15) is 0 Å². The van der Waals surface area contributed by atoms with E-state index in [0.717, 1.165) is 30.9 Å². The van der Waals surface area contributed by atoms with Crippen LogP contribution in [0.4, 0.5) is 0 Å². The van der Waals surface area contributed by atoms with Crippen LogP contribution in [0.3, 0.4) is 0 Å². The molecule has 1 aromatic carbocycles. The molecule has 118 valence electrons. The molecule has 0 heterocycles. The molecule has 1 fully saturated rings. The first-order valence-corrected chi connectivity index (χ1v) is 7.90. The summed E-state index contributed by atoms with van der Waals surface area (Å²) in [6, 6.07) is 8.74. The molecule has 0 bridgehead atoms. The van der Waals surface area contributed by atoms with Gasteiger partial charge in [0.1, 0.15) is 5.75 Å². The van der Waals surface area contributed by atoms with Gasteiger partial charge in [-0.05, 0) is 25.3 Å². The standard InChI is InChI=1S/C17H27NO3/c1-3-10-20-11-12-21-17(13-18-14-8-9-14)15-6-4-5-7-16(15)19-2/h4-7,14,17-18H,3,8-13H2,1-2H3. The lowest BCUT2D eigenvalue weighted by atomic mass is 10.1. The quantitative estimate of drug-likeness (QED) is 0.637. The van der Waals surface area contributed by atoms with Crippen LogP contribution in [0.1, 0.15) is 37.9 Å². The van der Waals surface area contributed by atoms with E-state index in [-0.39, 0.29) is 6.10 Å². The molecule has 1 aliphatic carbocycles. The lowest BCUT2D eigenvalue weighted by Crippen LogP contribution is -2.26. The van der Waals surface area contributed by atoms with Crippen LogP contribution in [0.5, 0.6) is 5.75 Å².